The van der Waals surface area contributed by atoms with Crippen LogP contribution in [0.3, 0.4) is 0 Å². The SMILES string of the molecule is CCCCCCCCCCN(C)c1ccc(C=Cc2c(C)c(C=Cc3ccc(C(=O)OC)cc3)c(C)c(C=Cc3ccc(N(C)CCCCCCCCCC)cc3)c2C)cc1. The van der Waals surface area contributed by atoms with Gasteiger partial charge in [0.05, 0.1) is 12.7 Å². The molecule has 4 aromatic rings. The van der Waals surface area contributed by atoms with E-state index >= 15 is 0 Å². The minimum Gasteiger partial charge on any atom is -0.465 e. The number of unbranched alkanes of at least 4 members (excludes halogenated alkanes) is 14. The van der Waals surface area contributed by atoms with E-state index in [1.54, 1.807) is 0 Å². The second kappa shape index (κ2) is 27.2. The van der Waals surface area contributed by atoms with Crippen LogP contribution >= 0.6 is 0 Å². The lowest BCUT2D eigenvalue weighted by Gasteiger charge is -2.20. The quantitative estimate of drug-likeness (QED) is 0.0341. The number of esters is 1. The Morgan fingerprint density at radius 3 is 1.05 bits per heavy atom. The Morgan fingerprint density at radius 1 is 0.443 bits per heavy atom. The van der Waals surface area contributed by atoms with Crippen LogP contribution in [0.4, 0.5) is 11.4 Å². The number of hydrogen-bond donors (Lipinski definition) is 0. The lowest BCUT2D eigenvalue weighted by Crippen LogP contribution is -2.18. The highest BCUT2D eigenvalue weighted by atomic mass is 16.5. The van der Waals surface area contributed by atoms with Crippen LogP contribution in [-0.4, -0.2) is 40.3 Å². The average molecular weight is 823 g/mol. The van der Waals surface area contributed by atoms with Crippen LogP contribution in [0.1, 0.15) is 177 Å². The van der Waals surface area contributed by atoms with Gasteiger partial charge < -0.3 is 14.5 Å². The second-order valence-corrected chi connectivity index (χ2v) is 17.2. The number of anilines is 2. The Hall–Kier alpha value is -4.83. The maximum absolute atomic E-state index is 12.0. The van der Waals surface area contributed by atoms with E-state index in [1.165, 1.54) is 166 Å². The van der Waals surface area contributed by atoms with Gasteiger partial charge in [-0.25, -0.2) is 4.79 Å². The Kier molecular flexibility index (Phi) is 21.8. The molecule has 0 fully saturated rings. The van der Waals surface area contributed by atoms with E-state index in [0.29, 0.717) is 5.56 Å². The molecular weight excluding hydrogens is 745 g/mol. The van der Waals surface area contributed by atoms with Crippen molar-refractivity contribution in [2.24, 2.45) is 0 Å². The minimum atomic E-state index is -0.325. The van der Waals surface area contributed by atoms with Gasteiger partial charge in [-0.15, -0.1) is 0 Å². The third-order valence-corrected chi connectivity index (χ3v) is 12.4. The van der Waals surface area contributed by atoms with E-state index in [-0.39, 0.29) is 5.97 Å². The van der Waals surface area contributed by atoms with E-state index in [0.717, 1.165) is 18.7 Å². The third-order valence-electron chi connectivity index (χ3n) is 12.4. The molecule has 4 heteroatoms. The van der Waals surface area contributed by atoms with Crippen molar-refractivity contribution >= 4 is 53.8 Å². The summed E-state index contributed by atoms with van der Waals surface area (Å²) in [4.78, 5) is 16.8. The van der Waals surface area contributed by atoms with E-state index < -0.39 is 0 Å². The number of ether oxygens (including phenoxy) is 1. The molecule has 0 aliphatic heterocycles. The first kappa shape index (κ1) is 48.8. The summed E-state index contributed by atoms with van der Waals surface area (Å²) in [5, 5.41) is 0. The monoisotopic (exact) mass is 823 g/mol. The Morgan fingerprint density at radius 2 is 0.738 bits per heavy atom. The maximum atomic E-state index is 12.0. The first-order valence-electron chi connectivity index (χ1n) is 23.7. The number of carbonyl (C=O) groups is 1. The summed E-state index contributed by atoms with van der Waals surface area (Å²) >= 11 is 0. The number of carbonyl (C=O) groups excluding carboxylic acids is 1. The molecule has 4 rings (SSSR count). The molecule has 0 bridgehead atoms. The molecule has 0 saturated heterocycles. The predicted molar refractivity (Wildman–Crippen MR) is 270 cm³/mol. The zero-order valence-corrected chi connectivity index (χ0v) is 39.3. The highest BCUT2D eigenvalue weighted by molar-refractivity contribution is 5.90. The summed E-state index contributed by atoms with van der Waals surface area (Å²) in [6.45, 7) is 13.5. The highest BCUT2D eigenvalue weighted by Crippen LogP contribution is 2.32. The molecule has 0 atom stereocenters. The summed E-state index contributed by atoms with van der Waals surface area (Å²) in [5.41, 5.74) is 13.9. The molecule has 0 spiro atoms. The van der Waals surface area contributed by atoms with Gasteiger partial charge in [-0.1, -0.05) is 177 Å². The zero-order chi connectivity index (χ0) is 43.8. The molecular formula is C57H78N2O2. The molecule has 328 valence electrons. The molecule has 0 aromatic heterocycles. The van der Waals surface area contributed by atoms with Gasteiger partial charge in [0.1, 0.15) is 0 Å². The fraction of sp³-hybridized carbons (Fsp3) is 0.456. The maximum Gasteiger partial charge on any atom is 0.337 e. The van der Waals surface area contributed by atoms with Crippen molar-refractivity contribution in [3.63, 3.8) is 0 Å². The van der Waals surface area contributed by atoms with Gasteiger partial charge in [0.25, 0.3) is 0 Å². The van der Waals surface area contributed by atoms with Gasteiger partial charge in [-0.2, -0.15) is 0 Å². The smallest absolute Gasteiger partial charge is 0.337 e. The molecule has 0 saturated carbocycles. The fourth-order valence-electron chi connectivity index (χ4n) is 8.32. The van der Waals surface area contributed by atoms with E-state index in [9.17, 15) is 4.79 Å². The normalized spacial score (nSPS) is 11.7. The lowest BCUT2D eigenvalue weighted by atomic mass is 9.87. The molecule has 0 heterocycles. The van der Waals surface area contributed by atoms with Crippen LogP contribution < -0.4 is 9.80 Å². The fourth-order valence-corrected chi connectivity index (χ4v) is 8.32. The highest BCUT2D eigenvalue weighted by Gasteiger charge is 2.14. The number of nitrogens with zero attached hydrogens (tertiary/aromatic N) is 2. The van der Waals surface area contributed by atoms with Crippen LogP contribution in [0.25, 0.3) is 36.5 Å². The molecule has 0 N–H and O–H groups in total. The van der Waals surface area contributed by atoms with Gasteiger partial charge in [0.15, 0.2) is 0 Å². The number of rotatable bonds is 27. The van der Waals surface area contributed by atoms with E-state index in [4.69, 9.17) is 4.74 Å². The molecule has 61 heavy (non-hydrogen) atoms. The topological polar surface area (TPSA) is 32.8 Å². The van der Waals surface area contributed by atoms with Crippen LogP contribution in [-0.2, 0) is 4.74 Å². The van der Waals surface area contributed by atoms with Crippen molar-refractivity contribution in [1.29, 1.82) is 0 Å². The summed E-state index contributed by atoms with van der Waals surface area (Å²) in [7, 11) is 5.85. The van der Waals surface area contributed by atoms with Crippen molar-refractivity contribution in [2.45, 2.75) is 137 Å². The van der Waals surface area contributed by atoms with Gasteiger partial charge in [0, 0.05) is 38.6 Å². The first-order chi connectivity index (χ1) is 29.7. The Balaban J connectivity index is 1.51. The number of methoxy groups -OCH3 is 1. The van der Waals surface area contributed by atoms with Gasteiger partial charge in [0.2, 0.25) is 0 Å². The van der Waals surface area contributed by atoms with Crippen molar-refractivity contribution in [3.8, 4) is 0 Å². The molecule has 0 unspecified atom stereocenters. The van der Waals surface area contributed by atoms with Crippen LogP contribution in [0, 0.1) is 20.8 Å². The molecule has 4 nitrogen and oxygen atoms in total. The van der Waals surface area contributed by atoms with Crippen molar-refractivity contribution in [3.05, 3.63) is 128 Å². The summed E-state index contributed by atoms with van der Waals surface area (Å²) in [5.74, 6) is -0.325. The second-order valence-electron chi connectivity index (χ2n) is 17.2. The molecule has 4 aromatic carbocycles. The largest absolute Gasteiger partial charge is 0.465 e. The van der Waals surface area contributed by atoms with Gasteiger partial charge in [-0.05, 0) is 120 Å². The average Bonchev–Trinajstić information content (AvgIpc) is 3.28. The van der Waals surface area contributed by atoms with Gasteiger partial charge >= 0.3 is 5.97 Å². The number of benzene rings is 4. The van der Waals surface area contributed by atoms with Crippen molar-refractivity contribution in [1.82, 2.24) is 0 Å². The first-order valence-corrected chi connectivity index (χ1v) is 23.7. The zero-order valence-electron chi connectivity index (χ0n) is 39.3. The standard InChI is InChI=1S/C57H78N2O2/c1-9-11-13-15-17-19-21-23-43-58(6)52-36-27-49(28-37-52)32-41-55-45(3)54(40-31-48-25-34-51(35-26-48)57(60)61-8)46(4)56(47(55)5)42-33-50-29-38-53(39-30-50)59(7)44-24-22-20-18-16-14-12-10-2/h25-42H,9-24,43-44H2,1-8H3. The third kappa shape index (κ3) is 16.2. The minimum absolute atomic E-state index is 0.325. The van der Waals surface area contributed by atoms with Crippen molar-refractivity contribution in [2.75, 3.05) is 44.1 Å². The van der Waals surface area contributed by atoms with Crippen molar-refractivity contribution < 1.29 is 9.53 Å². The summed E-state index contributed by atoms with van der Waals surface area (Å²) in [6, 6.07) is 25.6. The Labute approximate surface area is 371 Å². The van der Waals surface area contributed by atoms with Crippen LogP contribution in [0.15, 0.2) is 72.8 Å². The number of hydrogen-bond acceptors (Lipinski definition) is 4. The molecule has 0 aliphatic rings. The van der Waals surface area contributed by atoms with Gasteiger partial charge in [-0.3, -0.25) is 0 Å². The van der Waals surface area contributed by atoms with Crippen LogP contribution in [0.2, 0.25) is 0 Å². The lowest BCUT2D eigenvalue weighted by molar-refractivity contribution is 0.0600. The van der Waals surface area contributed by atoms with E-state index in [2.05, 4.69) is 144 Å². The molecule has 0 aliphatic carbocycles. The Bertz CT molecular complexity index is 1860. The molecule has 0 radical (unpaired) electrons. The predicted octanol–water partition coefficient (Wildman–Crippen LogP) is 16.1. The summed E-state index contributed by atoms with van der Waals surface area (Å²) < 4.78 is 4.91. The summed E-state index contributed by atoms with van der Waals surface area (Å²) in [6.07, 6.45) is 34.9. The van der Waals surface area contributed by atoms with Crippen LogP contribution in [0.5, 0.6) is 0 Å². The van der Waals surface area contributed by atoms with E-state index in [1.807, 2.05) is 24.3 Å². The molecule has 0 amide bonds.